The van der Waals surface area contributed by atoms with Crippen LogP contribution < -0.4 is 4.57 Å². The molecule has 0 atom stereocenters. The van der Waals surface area contributed by atoms with E-state index in [0.29, 0.717) is 17.8 Å². The van der Waals surface area contributed by atoms with Gasteiger partial charge in [0.25, 0.3) is 0 Å². The molecular weight excluding hydrogens is 508 g/mol. The maximum atomic E-state index is 2.59. The van der Waals surface area contributed by atoms with Gasteiger partial charge in [-0.2, -0.15) is 0 Å². The minimum absolute atomic E-state index is 0.431. The zero-order chi connectivity index (χ0) is 29.8. The fourth-order valence-electron chi connectivity index (χ4n) is 7.52. The second-order valence-corrected chi connectivity index (χ2v) is 13.7. The molecule has 0 radical (unpaired) electrons. The lowest BCUT2D eigenvalue weighted by atomic mass is 9.81. The predicted molar refractivity (Wildman–Crippen MR) is 182 cm³/mol. The third-order valence-corrected chi connectivity index (χ3v) is 9.95. The molecule has 0 N–H and O–H groups in total. The van der Waals surface area contributed by atoms with Gasteiger partial charge in [0, 0.05) is 16.8 Å². The molecular formula is C40H43N2+. The van der Waals surface area contributed by atoms with Gasteiger partial charge in [-0.1, -0.05) is 71.9 Å². The number of benzene rings is 4. The molecule has 0 bridgehead atoms. The highest BCUT2D eigenvalue weighted by Crippen LogP contribution is 2.45. The van der Waals surface area contributed by atoms with Crippen molar-refractivity contribution < 1.29 is 4.57 Å². The van der Waals surface area contributed by atoms with Crippen LogP contribution in [0.5, 0.6) is 0 Å². The van der Waals surface area contributed by atoms with E-state index in [2.05, 4.69) is 139 Å². The van der Waals surface area contributed by atoms with Crippen LogP contribution in [0.25, 0.3) is 60.1 Å². The Morgan fingerprint density at radius 3 is 1.95 bits per heavy atom. The van der Waals surface area contributed by atoms with Gasteiger partial charge in [0.2, 0.25) is 5.52 Å². The zero-order valence-electron chi connectivity index (χ0n) is 26.9. The van der Waals surface area contributed by atoms with Crippen LogP contribution in [0, 0.1) is 20.8 Å². The Morgan fingerprint density at radius 2 is 1.31 bits per heavy atom. The summed E-state index contributed by atoms with van der Waals surface area (Å²) in [7, 11) is 2.21. The van der Waals surface area contributed by atoms with E-state index in [1.807, 2.05) is 0 Å². The first-order chi connectivity index (χ1) is 20.0. The lowest BCUT2D eigenvalue weighted by molar-refractivity contribution is -0.643. The number of hydrogen-bond donors (Lipinski definition) is 0. The summed E-state index contributed by atoms with van der Waals surface area (Å²) >= 11 is 0. The lowest BCUT2D eigenvalue weighted by Gasteiger charge is -2.24. The normalized spacial score (nSPS) is 12.7. The molecule has 0 aliphatic heterocycles. The van der Waals surface area contributed by atoms with Gasteiger partial charge in [0.1, 0.15) is 7.05 Å². The van der Waals surface area contributed by atoms with E-state index in [-0.39, 0.29) is 0 Å². The van der Waals surface area contributed by atoms with Crippen molar-refractivity contribution in [3.63, 3.8) is 0 Å². The van der Waals surface area contributed by atoms with Crippen molar-refractivity contribution in [3.8, 4) is 11.1 Å². The third kappa shape index (κ3) is 3.60. The van der Waals surface area contributed by atoms with Crippen molar-refractivity contribution in [1.29, 1.82) is 0 Å². The number of pyridine rings is 2. The molecule has 0 amide bonds. The first-order valence-electron chi connectivity index (χ1n) is 15.7. The molecule has 212 valence electrons. The van der Waals surface area contributed by atoms with Crippen molar-refractivity contribution in [1.82, 2.24) is 4.40 Å². The van der Waals surface area contributed by atoms with Gasteiger partial charge in [0.05, 0.1) is 27.3 Å². The maximum Gasteiger partial charge on any atom is 0.224 e. The Labute approximate surface area is 249 Å². The summed E-state index contributed by atoms with van der Waals surface area (Å²) in [6.07, 6.45) is 2.26. The van der Waals surface area contributed by atoms with E-state index < -0.39 is 0 Å². The van der Waals surface area contributed by atoms with Gasteiger partial charge in [-0.25, -0.2) is 4.57 Å². The summed E-state index contributed by atoms with van der Waals surface area (Å²) in [4.78, 5) is 0. The molecule has 7 aromatic rings. The number of rotatable bonds is 4. The molecule has 42 heavy (non-hydrogen) atoms. The monoisotopic (exact) mass is 551 g/mol. The highest BCUT2D eigenvalue weighted by atomic mass is 15.0. The summed E-state index contributed by atoms with van der Waals surface area (Å²) in [6.45, 7) is 20.8. The van der Waals surface area contributed by atoms with Gasteiger partial charge in [0.15, 0.2) is 6.20 Å². The van der Waals surface area contributed by atoms with E-state index in [9.17, 15) is 0 Å². The van der Waals surface area contributed by atoms with Gasteiger partial charge >= 0.3 is 0 Å². The number of nitrogens with zero attached hydrogens (tertiary/aromatic N) is 2. The van der Waals surface area contributed by atoms with E-state index in [1.165, 1.54) is 93.5 Å². The van der Waals surface area contributed by atoms with Crippen LogP contribution in [0.3, 0.4) is 0 Å². The molecule has 0 saturated carbocycles. The smallest absolute Gasteiger partial charge is 0.224 e. The Kier molecular flexibility index (Phi) is 5.97. The minimum atomic E-state index is 0.431. The molecule has 3 aromatic heterocycles. The molecule has 0 unspecified atom stereocenters. The van der Waals surface area contributed by atoms with Crippen molar-refractivity contribution in [2.45, 2.75) is 80.1 Å². The topological polar surface area (TPSA) is 8.29 Å². The van der Waals surface area contributed by atoms with Gasteiger partial charge in [-0.05, 0) is 107 Å². The lowest BCUT2D eigenvalue weighted by Crippen LogP contribution is -2.28. The standard InChI is InChI=1S/C40H43N2/c1-21(2)28-18-31(22(3)4)37(32(19-28)23(5)6)29-17-27-15-16-41(10)40-35-25(8)11-13-30-36-26(9)24(7)12-14-33(36)42(39(30)35)34(20-29)38(27)40/h11-23H,1-10H3/q+1. The molecule has 4 aromatic carbocycles. The molecule has 2 nitrogen and oxygen atoms in total. The SMILES string of the molecule is Cc1ccc2c(c1C)c1ccc(C)c3c1n2c1cc(-c2c(C(C)C)cc(C(C)C)cc2C(C)C)cc2cc[n+](C)c3c21. The molecule has 0 aliphatic carbocycles. The van der Waals surface area contributed by atoms with Gasteiger partial charge < -0.3 is 4.40 Å². The molecule has 0 fully saturated rings. The second kappa shape index (κ2) is 9.30. The quantitative estimate of drug-likeness (QED) is 0.117. The number of aromatic nitrogens is 2. The Hall–Kier alpha value is -3.91. The largest absolute Gasteiger partial charge is 0.307 e. The second-order valence-electron chi connectivity index (χ2n) is 13.7. The molecule has 0 spiro atoms. The van der Waals surface area contributed by atoms with Crippen LogP contribution in [-0.2, 0) is 7.05 Å². The Bertz CT molecular complexity index is 2180. The number of hydrogen-bond acceptors (Lipinski definition) is 0. The first kappa shape index (κ1) is 27.0. The van der Waals surface area contributed by atoms with E-state index in [0.717, 1.165) is 0 Å². The zero-order valence-corrected chi connectivity index (χ0v) is 26.9. The third-order valence-electron chi connectivity index (χ3n) is 9.95. The summed E-state index contributed by atoms with van der Waals surface area (Å²) < 4.78 is 4.92. The molecule has 0 saturated heterocycles. The van der Waals surface area contributed by atoms with Crippen molar-refractivity contribution in [3.05, 3.63) is 94.2 Å². The average molecular weight is 552 g/mol. The van der Waals surface area contributed by atoms with Crippen LogP contribution in [0.2, 0.25) is 0 Å². The van der Waals surface area contributed by atoms with Crippen molar-refractivity contribution in [2.24, 2.45) is 7.05 Å². The van der Waals surface area contributed by atoms with Gasteiger partial charge in [-0.15, -0.1) is 0 Å². The van der Waals surface area contributed by atoms with Gasteiger partial charge in [-0.3, -0.25) is 0 Å². The molecule has 2 heteroatoms. The maximum absolute atomic E-state index is 2.59. The number of fused-ring (bicyclic) bond motifs is 5. The minimum Gasteiger partial charge on any atom is -0.307 e. The highest BCUT2D eigenvalue weighted by Gasteiger charge is 2.26. The molecule has 7 rings (SSSR count). The average Bonchev–Trinajstić information content (AvgIpc) is 3.29. The first-order valence-corrected chi connectivity index (χ1v) is 15.7. The van der Waals surface area contributed by atoms with Crippen LogP contribution in [0.4, 0.5) is 0 Å². The summed E-state index contributed by atoms with van der Waals surface area (Å²) in [5.74, 6) is 1.36. The fraction of sp³-hybridized carbons (Fsp3) is 0.325. The van der Waals surface area contributed by atoms with Crippen LogP contribution >= 0.6 is 0 Å². The molecule has 0 aliphatic rings. The van der Waals surface area contributed by atoms with Crippen LogP contribution in [-0.4, -0.2) is 4.40 Å². The summed E-state index contributed by atoms with van der Waals surface area (Å²) in [5.41, 5.74) is 16.4. The van der Waals surface area contributed by atoms with Crippen LogP contribution in [0.15, 0.2) is 60.8 Å². The van der Waals surface area contributed by atoms with Crippen molar-refractivity contribution in [2.75, 3.05) is 0 Å². The highest BCUT2D eigenvalue weighted by molar-refractivity contribution is 6.26. The van der Waals surface area contributed by atoms with Crippen LogP contribution in [0.1, 0.15) is 92.7 Å². The predicted octanol–water partition coefficient (Wildman–Crippen LogP) is 10.8. The number of aryl methyl sites for hydroxylation is 4. The van der Waals surface area contributed by atoms with E-state index >= 15 is 0 Å². The Morgan fingerprint density at radius 1 is 0.643 bits per heavy atom. The van der Waals surface area contributed by atoms with E-state index in [4.69, 9.17) is 0 Å². The Balaban J connectivity index is 1.75. The summed E-state index contributed by atoms with van der Waals surface area (Å²) in [5, 5.41) is 6.75. The van der Waals surface area contributed by atoms with Crippen molar-refractivity contribution >= 4 is 49.0 Å². The summed E-state index contributed by atoms with van der Waals surface area (Å²) in [6, 6.07) is 21.6. The van der Waals surface area contributed by atoms with E-state index in [1.54, 1.807) is 0 Å². The fourth-order valence-corrected chi connectivity index (χ4v) is 7.52. The molecule has 3 heterocycles.